The van der Waals surface area contributed by atoms with Crippen molar-refractivity contribution in [1.82, 2.24) is 5.32 Å². The zero-order valence-electron chi connectivity index (χ0n) is 18.5. The van der Waals surface area contributed by atoms with E-state index in [2.05, 4.69) is 28.6 Å². The maximum atomic E-state index is 13.4. The summed E-state index contributed by atoms with van der Waals surface area (Å²) >= 11 is 0. The van der Waals surface area contributed by atoms with Gasteiger partial charge in [-0.05, 0) is 42.4 Å². The van der Waals surface area contributed by atoms with Gasteiger partial charge in [-0.3, -0.25) is 4.79 Å². The molecule has 1 fully saturated rings. The second-order valence-corrected chi connectivity index (χ2v) is 9.31. The summed E-state index contributed by atoms with van der Waals surface area (Å²) in [5, 5.41) is 2.80. The van der Waals surface area contributed by atoms with Crippen molar-refractivity contribution in [3.05, 3.63) is 0 Å². The van der Waals surface area contributed by atoms with Crippen LogP contribution in [0.25, 0.3) is 0 Å². The first-order chi connectivity index (χ1) is 13.9. The Labute approximate surface area is 177 Å². The Bertz CT molecular complexity index is 559. The minimum Gasteiger partial charge on any atom is -0.456 e. The molecule has 1 aliphatic carbocycles. The highest BCUT2D eigenvalue weighted by Crippen LogP contribution is 2.49. The van der Waals surface area contributed by atoms with Crippen molar-refractivity contribution < 1.29 is 37.0 Å². The van der Waals surface area contributed by atoms with Gasteiger partial charge in [-0.1, -0.05) is 34.1 Å². The van der Waals surface area contributed by atoms with Gasteiger partial charge in [0.05, 0.1) is 13.2 Å². The molecule has 1 rings (SSSR count). The van der Waals surface area contributed by atoms with Crippen molar-refractivity contribution in [3.8, 4) is 0 Å². The predicted octanol–water partition coefficient (Wildman–Crippen LogP) is 4.86. The van der Waals surface area contributed by atoms with Crippen LogP contribution in [0.3, 0.4) is 0 Å². The van der Waals surface area contributed by atoms with E-state index in [4.69, 9.17) is 4.74 Å². The van der Waals surface area contributed by atoms with Crippen LogP contribution in [0.5, 0.6) is 0 Å². The molecule has 0 bridgehead atoms. The Hall–Kier alpha value is -1.51. The van der Waals surface area contributed by atoms with Crippen LogP contribution in [0, 0.1) is 16.7 Å². The zero-order chi connectivity index (χ0) is 22.8. The van der Waals surface area contributed by atoms with E-state index < -0.39 is 38.1 Å². The van der Waals surface area contributed by atoms with Gasteiger partial charge in [-0.25, -0.2) is 9.18 Å². The Morgan fingerprint density at radius 2 is 1.83 bits per heavy atom. The molecule has 9 heteroatoms. The lowest BCUT2D eigenvalue weighted by atomic mass is 9.60. The molecule has 1 N–H and O–H groups in total. The molecular formula is C21H36F3NO5. The molecule has 176 valence electrons. The van der Waals surface area contributed by atoms with Gasteiger partial charge < -0.3 is 19.5 Å². The summed E-state index contributed by atoms with van der Waals surface area (Å²) in [6, 6.07) is 0. The van der Waals surface area contributed by atoms with Crippen LogP contribution in [0.15, 0.2) is 0 Å². The SMILES string of the molecule is CCCCOC(=O)NCC1(C)CC(CC(=O)OCC(F)(F)OCCF)CC(C)(C)C1. The minimum absolute atomic E-state index is 0.000836. The quantitative estimate of drug-likeness (QED) is 0.347. The molecule has 2 unspecified atom stereocenters. The highest BCUT2D eigenvalue weighted by Gasteiger charge is 2.42. The van der Waals surface area contributed by atoms with E-state index in [-0.39, 0.29) is 23.2 Å². The smallest absolute Gasteiger partial charge is 0.407 e. The van der Waals surface area contributed by atoms with Crippen LogP contribution < -0.4 is 5.32 Å². The number of unbranched alkanes of at least 4 members (excludes halogenated alkanes) is 1. The van der Waals surface area contributed by atoms with E-state index >= 15 is 0 Å². The van der Waals surface area contributed by atoms with Gasteiger partial charge >= 0.3 is 18.2 Å². The van der Waals surface area contributed by atoms with Gasteiger partial charge in [0.25, 0.3) is 0 Å². The summed E-state index contributed by atoms with van der Waals surface area (Å²) in [5.41, 5.74) is -0.343. The highest BCUT2D eigenvalue weighted by atomic mass is 19.3. The number of amides is 1. The lowest BCUT2D eigenvalue weighted by Gasteiger charge is -2.46. The Balaban J connectivity index is 2.56. The molecule has 0 radical (unpaired) electrons. The van der Waals surface area contributed by atoms with Crippen molar-refractivity contribution in [2.24, 2.45) is 16.7 Å². The van der Waals surface area contributed by atoms with Crippen LogP contribution in [-0.2, 0) is 19.0 Å². The van der Waals surface area contributed by atoms with E-state index in [9.17, 15) is 22.8 Å². The molecule has 0 saturated heterocycles. The summed E-state index contributed by atoms with van der Waals surface area (Å²) < 4.78 is 52.5. The molecule has 0 heterocycles. The third-order valence-electron chi connectivity index (χ3n) is 5.17. The van der Waals surface area contributed by atoms with Gasteiger partial charge in [0.1, 0.15) is 6.67 Å². The average Bonchev–Trinajstić information content (AvgIpc) is 2.62. The van der Waals surface area contributed by atoms with Crippen molar-refractivity contribution in [1.29, 1.82) is 0 Å². The number of hydrogen-bond donors (Lipinski definition) is 1. The number of alkyl carbamates (subject to hydrolysis) is 1. The second-order valence-electron chi connectivity index (χ2n) is 9.31. The number of esters is 1. The molecule has 0 aromatic heterocycles. The lowest BCUT2D eigenvalue weighted by Crippen LogP contribution is -2.44. The number of ether oxygens (including phenoxy) is 3. The van der Waals surface area contributed by atoms with Gasteiger partial charge in [-0.2, -0.15) is 8.78 Å². The maximum absolute atomic E-state index is 13.4. The number of nitrogens with one attached hydrogen (secondary N) is 1. The van der Waals surface area contributed by atoms with E-state index in [1.54, 1.807) is 0 Å². The normalized spacial score (nSPS) is 23.6. The highest BCUT2D eigenvalue weighted by molar-refractivity contribution is 5.69. The molecule has 30 heavy (non-hydrogen) atoms. The standard InChI is InChI=1S/C21H36F3NO5/c1-5-6-8-28-18(27)25-14-20(4)12-16(11-19(2,3)13-20)10-17(26)29-15-21(23,24)30-9-7-22/h16H,5-15H2,1-4H3,(H,25,27). The number of carbonyl (C=O) groups is 2. The van der Waals surface area contributed by atoms with Crippen molar-refractivity contribution in [2.75, 3.05) is 33.0 Å². The van der Waals surface area contributed by atoms with Crippen LogP contribution in [-0.4, -0.2) is 51.2 Å². The Kier molecular flexibility index (Phi) is 10.4. The molecule has 0 aromatic carbocycles. The second kappa shape index (κ2) is 11.8. The molecule has 0 aliphatic heterocycles. The van der Waals surface area contributed by atoms with Gasteiger partial charge in [0, 0.05) is 13.0 Å². The topological polar surface area (TPSA) is 73.9 Å². The summed E-state index contributed by atoms with van der Waals surface area (Å²) in [4.78, 5) is 24.0. The molecule has 1 saturated carbocycles. The molecule has 0 aromatic rings. The summed E-state index contributed by atoms with van der Waals surface area (Å²) in [6.45, 7) is 5.97. The van der Waals surface area contributed by atoms with Crippen LogP contribution in [0.4, 0.5) is 18.0 Å². The van der Waals surface area contributed by atoms with Crippen molar-refractivity contribution >= 4 is 12.1 Å². The largest absolute Gasteiger partial charge is 0.456 e. The van der Waals surface area contributed by atoms with Gasteiger partial charge in [-0.15, -0.1) is 0 Å². The maximum Gasteiger partial charge on any atom is 0.407 e. The van der Waals surface area contributed by atoms with Crippen LogP contribution in [0.1, 0.15) is 66.2 Å². The molecular weight excluding hydrogens is 403 g/mol. The Morgan fingerprint density at radius 3 is 2.47 bits per heavy atom. The van der Waals surface area contributed by atoms with Gasteiger partial charge in [0.15, 0.2) is 6.61 Å². The van der Waals surface area contributed by atoms with E-state index in [1.165, 1.54) is 0 Å². The fraction of sp³-hybridized carbons (Fsp3) is 0.905. The third kappa shape index (κ3) is 10.5. The molecule has 6 nitrogen and oxygen atoms in total. The number of carbonyl (C=O) groups excluding carboxylic acids is 2. The van der Waals surface area contributed by atoms with Crippen molar-refractivity contribution in [2.45, 2.75) is 72.3 Å². The number of hydrogen-bond acceptors (Lipinski definition) is 5. The first kappa shape index (κ1) is 26.5. The van der Waals surface area contributed by atoms with E-state index in [0.717, 1.165) is 25.7 Å². The van der Waals surface area contributed by atoms with E-state index in [1.807, 2.05) is 13.8 Å². The minimum atomic E-state index is -3.70. The fourth-order valence-electron chi connectivity index (χ4n) is 4.46. The fourth-order valence-corrected chi connectivity index (χ4v) is 4.46. The summed E-state index contributed by atoms with van der Waals surface area (Å²) in [5.74, 6) is -0.806. The molecule has 1 aliphatic rings. The summed E-state index contributed by atoms with van der Waals surface area (Å²) in [6.07, 6.45) is -0.188. The Morgan fingerprint density at radius 1 is 1.13 bits per heavy atom. The summed E-state index contributed by atoms with van der Waals surface area (Å²) in [7, 11) is 0. The monoisotopic (exact) mass is 439 g/mol. The van der Waals surface area contributed by atoms with Crippen LogP contribution in [0.2, 0.25) is 0 Å². The zero-order valence-corrected chi connectivity index (χ0v) is 18.5. The third-order valence-corrected chi connectivity index (χ3v) is 5.17. The predicted molar refractivity (Wildman–Crippen MR) is 106 cm³/mol. The van der Waals surface area contributed by atoms with Crippen molar-refractivity contribution in [3.63, 3.8) is 0 Å². The van der Waals surface area contributed by atoms with Gasteiger partial charge in [0.2, 0.25) is 0 Å². The first-order valence-corrected chi connectivity index (χ1v) is 10.5. The van der Waals surface area contributed by atoms with Crippen LogP contribution >= 0.6 is 0 Å². The number of halogens is 3. The van der Waals surface area contributed by atoms with E-state index in [0.29, 0.717) is 19.6 Å². The molecule has 0 spiro atoms. The molecule has 2 atom stereocenters. The number of alkyl halides is 3. The first-order valence-electron chi connectivity index (χ1n) is 10.5. The lowest BCUT2D eigenvalue weighted by molar-refractivity contribution is -0.262. The average molecular weight is 440 g/mol. The number of rotatable bonds is 12. The molecule has 1 amide bonds.